The molecule has 2 aromatic carbocycles. The van der Waals surface area contributed by atoms with Gasteiger partial charge in [-0.2, -0.15) is 0 Å². The molecule has 0 atom stereocenters. The summed E-state index contributed by atoms with van der Waals surface area (Å²) in [4.78, 5) is 25.9. The Labute approximate surface area is 165 Å². The van der Waals surface area contributed by atoms with E-state index in [1.54, 1.807) is 12.1 Å². The molecule has 0 radical (unpaired) electrons. The molecule has 146 valence electrons. The summed E-state index contributed by atoms with van der Waals surface area (Å²) in [5.41, 5.74) is 2.47. The Hall–Kier alpha value is -2.79. The number of Topliss-reactive ketones (excluding diaryl/α,β-unsaturated/α-hetero) is 1. The van der Waals surface area contributed by atoms with Gasteiger partial charge >= 0.3 is 0 Å². The minimum atomic E-state index is -0.317. The molecule has 1 fully saturated rings. The van der Waals surface area contributed by atoms with Gasteiger partial charge in [0, 0.05) is 30.6 Å². The number of amides is 1. The van der Waals surface area contributed by atoms with Crippen LogP contribution in [0.1, 0.15) is 35.7 Å². The number of hydrogen-bond donors (Lipinski definition) is 1. The fraction of sp³-hybridized carbons (Fsp3) is 0.304. The fourth-order valence-corrected chi connectivity index (χ4v) is 3.45. The lowest BCUT2D eigenvalue weighted by molar-refractivity contribution is -0.114. The van der Waals surface area contributed by atoms with Crippen LogP contribution >= 0.6 is 0 Å². The number of benzene rings is 2. The van der Waals surface area contributed by atoms with Crippen molar-refractivity contribution < 1.29 is 14.0 Å². The van der Waals surface area contributed by atoms with Crippen molar-refractivity contribution >= 4 is 23.5 Å². The first-order valence-corrected chi connectivity index (χ1v) is 9.57. The van der Waals surface area contributed by atoms with Crippen LogP contribution in [0.3, 0.4) is 0 Å². The van der Waals surface area contributed by atoms with Crippen molar-refractivity contribution in [3.8, 4) is 0 Å². The molecule has 1 aliphatic rings. The molecule has 0 aliphatic carbocycles. The summed E-state index contributed by atoms with van der Waals surface area (Å²) in [6.45, 7) is 4.09. The third kappa shape index (κ3) is 5.60. The van der Waals surface area contributed by atoms with Gasteiger partial charge in [-0.25, -0.2) is 4.39 Å². The van der Waals surface area contributed by atoms with E-state index in [-0.39, 0.29) is 23.4 Å². The number of carbonyl (C=O) groups excluding carboxylic acids is 2. The van der Waals surface area contributed by atoms with Gasteiger partial charge in [-0.1, -0.05) is 24.3 Å². The zero-order valence-electron chi connectivity index (χ0n) is 16.0. The predicted molar refractivity (Wildman–Crippen MR) is 110 cm³/mol. The Balaban J connectivity index is 1.45. The third-order valence-corrected chi connectivity index (χ3v) is 4.99. The molecule has 3 rings (SSSR count). The predicted octanol–water partition coefficient (Wildman–Crippen LogP) is 4.39. The number of nitrogens with one attached hydrogen (secondary N) is 1. The number of anilines is 1. The Bertz CT molecular complexity index is 836. The lowest BCUT2D eigenvalue weighted by Gasteiger charge is -2.30. The average molecular weight is 380 g/mol. The quantitative estimate of drug-likeness (QED) is 0.756. The molecule has 0 unspecified atom stereocenters. The second-order valence-corrected chi connectivity index (χ2v) is 7.15. The fourth-order valence-electron chi connectivity index (χ4n) is 3.45. The van der Waals surface area contributed by atoms with Gasteiger partial charge in [-0.3, -0.25) is 14.5 Å². The van der Waals surface area contributed by atoms with E-state index >= 15 is 0 Å². The topological polar surface area (TPSA) is 49.4 Å². The van der Waals surface area contributed by atoms with Gasteiger partial charge in [-0.05, 0) is 67.9 Å². The standard InChI is InChI=1S/C23H25FN2O2/c1-17(27)25-22-10-4-18(5-11-22)3-2-14-26-15-12-20(13-16-26)23(28)19-6-8-21(24)9-7-19/h2-11,20H,12-16H2,1H3,(H,25,27). The molecule has 0 saturated carbocycles. The Kier molecular flexibility index (Phi) is 6.71. The van der Waals surface area contributed by atoms with E-state index in [0.29, 0.717) is 5.56 Å². The van der Waals surface area contributed by atoms with E-state index in [1.807, 2.05) is 24.3 Å². The summed E-state index contributed by atoms with van der Waals surface area (Å²) >= 11 is 0. The molecule has 2 aromatic rings. The summed E-state index contributed by atoms with van der Waals surface area (Å²) in [7, 11) is 0. The first kappa shape index (κ1) is 20.0. The number of rotatable bonds is 6. The van der Waals surface area contributed by atoms with Crippen LogP contribution in [0.15, 0.2) is 54.6 Å². The van der Waals surface area contributed by atoms with Gasteiger partial charge in [0.2, 0.25) is 5.91 Å². The molecular formula is C23H25FN2O2. The van der Waals surface area contributed by atoms with Crippen LogP contribution in [0.2, 0.25) is 0 Å². The second kappa shape index (κ2) is 9.42. The number of halogens is 1. The van der Waals surface area contributed by atoms with Crippen molar-refractivity contribution in [2.45, 2.75) is 19.8 Å². The first-order chi connectivity index (χ1) is 13.5. The van der Waals surface area contributed by atoms with Crippen LogP contribution in [-0.2, 0) is 4.79 Å². The highest BCUT2D eigenvalue weighted by Gasteiger charge is 2.25. The molecule has 1 saturated heterocycles. The van der Waals surface area contributed by atoms with Crippen LogP contribution in [0.25, 0.3) is 6.08 Å². The lowest BCUT2D eigenvalue weighted by Crippen LogP contribution is -2.36. The zero-order valence-corrected chi connectivity index (χ0v) is 16.0. The molecule has 0 bridgehead atoms. The van der Waals surface area contributed by atoms with Crippen molar-refractivity contribution in [3.63, 3.8) is 0 Å². The highest BCUT2D eigenvalue weighted by atomic mass is 19.1. The van der Waals surface area contributed by atoms with Crippen LogP contribution in [0.4, 0.5) is 10.1 Å². The van der Waals surface area contributed by atoms with Crippen LogP contribution in [0, 0.1) is 11.7 Å². The summed E-state index contributed by atoms with van der Waals surface area (Å²) < 4.78 is 13.0. The molecule has 28 heavy (non-hydrogen) atoms. The molecule has 1 N–H and O–H groups in total. The SMILES string of the molecule is CC(=O)Nc1ccc(C=CCN2CCC(C(=O)c3ccc(F)cc3)CC2)cc1. The molecule has 5 heteroatoms. The minimum absolute atomic E-state index is 0.0204. The smallest absolute Gasteiger partial charge is 0.221 e. The minimum Gasteiger partial charge on any atom is -0.326 e. The van der Waals surface area contributed by atoms with E-state index < -0.39 is 0 Å². The first-order valence-electron chi connectivity index (χ1n) is 9.57. The summed E-state index contributed by atoms with van der Waals surface area (Å²) in [6.07, 6.45) is 5.84. The van der Waals surface area contributed by atoms with E-state index in [9.17, 15) is 14.0 Å². The van der Waals surface area contributed by atoms with Gasteiger partial charge in [0.25, 0.3) is 0 Å². The maximum Gasteiger partial charge on any atom is 0.221 e. The molecule has 1 aliphatic heterocycles. The Morgan fingerprint density at radius 3 is 2.32 bits per heavy atom. The number of hydrogen-bond acceptors (Lipinski definition) is 3. The average Bonchev–Trinajstić information content (AvgIpc) is 2.69. The van der Waals surface area contributed by atoms with Crippen LogP contribution in [-0.4, -0.2) is 36.2 Å². The van der Waals surface area contributed by atoms with E-state index in [0.717, 1.165) is 43.7 Å². The van der Waals surface area contributed by atoms with Crippen LogP contribution < -0.4 is 5.32 Å². The maximum absolute atomic E-state index is 13.0. The Morgan fingerprint density at radius 1 is 1.07 bits per heavy atom. The van der Waals surface area contributed by atoms with Gasteiger partial charge in [-0.15, -0.1) is 0 Å². The number of ketones is 1. The normalized spacial score (nSPS) is 15.6. The lowest BCUT2D eigenvalue weighted by atomic mass is 9.89. The van der Waals surface area contributed by atoms with Crippen molar-refractivity contribution in [3.05, 3.63) is 71.6 Å². The zero-order chi connectivity index (χ0) is 19.9. The Morgan fingerprint density at radius 2 is 1.71 bits per heavy atom. The second-order valence-electron chi connectivity index (χ2n) is 7.15. The van der Waals surface area contributed by atoms with Crippen LogP contribution in [0.5, 0.6) is 0 Å². The van der Waals surface area contributed by atoms with Gasteiger partial charge in [0.15, 0.2) is 5.78 Å². The summed E-state index contributed by atoms with van der Waals surface area (Å²) in [6, 6.07) is 13.5. The monoisotopic (exact) mass is 380 g/mol. The van der Waals surface area contributed by atoms with Crippen molar-refractivity contribution in [1.82, 2.24) is 4.90 Å². The highest BCUT2D eigenvalue weighted by molar-refractivity contribution is 5.97. The van der Waals surface area contributed by atoms with E-state index in [2.05, 4.69) is 22.4 Å². The number of piperidine rings is 1. The van der Waals surface area contributed by atoms with E-state index in [4.69, 9.17) is 0 Å². The van der Waals surface area contributed by atoms with Gasteiger partial charge in [0.05, 0.1) is 0 Å². The molecule has 0 aromatic heterocycles. The summed E-state index contributed by atoms with van der Waals surface area (Å²) in [5, 5.41) is 2.75. The molecule has 4 nitrogen and oxygen atoms in total. The molecule has 1 heterocycles. The van der Waals surface area contributed by atoms with Crippen molar-refractivity contribution in [1.29, 1.82) is 0 Å². The van der Waals surface area contributed by atoms with E-state index in [1.165, 1.54) is 19.1 Å². The number of likely N-dealkylation sites (tertiary alicyclic amines) is 1. The molecule has 1 amide bonds. The molecular weight excluding hydrogens is 355 g/mol. The van der Waals surface area contributed by atoms with Gasteiger partial charge < -0.3 is 5.32 Å². The highest BCUT2D eigenvalue weighted by Crippen LogP contribution is 2.22. The van der Waals surface area contributed by atoms with Gasteiger partial charge in [0.1, 0.15) is 5.82 Å². The third-order valence-electron chi connectivity index (χ3n) is 4.99. The summed E-state index contributed by atoms with van der Waals surface area (Å²) in [5.74, 6) is -0.256. The van der Waals surface area contributed by atoms with Crippen molar-refractivity contribution in [2.75, 3.05) is 25.0 Å². The number of carbonyl (C=O) groups is 2. The van der Waals surface area contributed by atoms with Crippen molar-refractivity contribution in [2.24, 2.45) is 5.92 Å². The molecule has 0 spiro atoms. The maximum atomic E-state index is 13.0. The largest absolute Gasteiger partial charge is 0.326 e. The number of nitrogens with zero attached hydrogens (tertiary/aromatic N) is 1.